The Morgan fingerprint density at radius 2 is 1.28 bits per heavy atom. The predicted molar refractivity (Wildman–Crippen MR) is 184 cm³/mol. The van der Waals surface area contributed by atoms with Crippen molar-refractivity contribution in [1.29, 1.82) is 0 Å². The van der Waals surface area contributed by atoms with Gasteiger partial charge < -0.3 is 31.9 Å². The quantitative estimate of drug-likeness (QED) is 0.198. The van der Waals surface area contributed by atoms with Crippen LogP contribution in [0.15, 0.2) is 0 Å². The molecule has 4 unspecified atom stereocenters. The van der Waals surface area contributed by atoms with Crippen LogP contribution in [0.3, 0.4) is 0 Å². The summed E-state index contributed by atoms with van der Waals surface area (Å²) in [7, 11) is 0. The fraction of sp³-hybridized carbons (Fsp3) is 0.824. The molecule has 1 fully saturated rings. The van der Waals surface area contributed by atoms with E-state index in [1.54, 1.807) is 20.8 Å². The van der Waals surface area contributed by atoms with Gasteiger partial charge >= 0.3 is 6.03 Å². The van der Waals surface area contributed by atoms with Gasteiger partial charge in [-0.2, -0.15) is 0 Å². The van der Waals surface area contributed by atoms with Gasteiger partial charge in [-0.05, 0) is 49.9 Å². The molecule has 0 aromatic carbocycles. The Hall–Kier alpha value is -3.18. The normalized spacial score (nSPS) is 17.1. The third-order valence-electron chi connectivity index (χ3n) is 7.27. The molecular formula is C34H66N6O6. The van der Waals surface area contributed by atoms with Crippen LogP contribution in [0.1, 0.15) is 129 Å². The zero-order valence-corrected chi connectivity index (χ0v) is 31.2. The first-order valence-corrected chi connectivity index (χ1v) is 16.9. The van der Waals surface area contributed by atoms with E-state index in [2.05, 4.69) is 35.1 Å². The minimum Gasteiger partial charge on any atom is -0.363 e. The Morgan fingerprint density at radius 3 is 1.70 bits per heavy atom. The maximum absolute atomic E-state index is 13.8. The average Bonchev–Trinajstić information content (AvgIpc) is 3.43. The van der Waals surface area contributed by atoms with Crippen LogP contribution in [0.25, 0.3) is 0 Å². The van der Waals surface area contributed by atoms with E-state index in [4.69, 9.17) is 5.73 Å². The molecule has 0 bridgehead atoms. The second-order valence-corrected chi connectivity index (χ2v) is 14.3. The van der Waals surface area contributed by atoms with Gasteiger partial charge in [0.25, 0.3) is 5.91 Å². The molecule has 12 heteroatoms. The van der Waals surface area contributed by atoms with Crippen molar-refractivity contribution >= 4 is 35.4 Å². The summed E-state index contributed by atoms with van der Waals surface area (Å²) in [5.74, 6) is -3.29. The zero-order chi connectivity index (χ0) is 36.6. The standard InChI is InChI=1S/C29H52N6O6.C3H8.C2H6/c1-11-17(4)15-18(20(36)23(30)37)32-24(38)19-13-12-14-35(19)26(40)22(29(8,9)10)34-27(41)33-21(28(5,6)7)25(39)31-16(2)3;1-3-2;1-2/h16-19,21-22H,11-15H2,1-10H3,(H2,30,37)(H,31,39)(H,32,38)(H2,33,34,41);3H2,1-2H3;1-2H3/t17?,18?,19-,21?,22?;;/m0../s1. The lowest BCUT2D eigenvalue weighted by atomic mass is 9.85. The topological polar surface area (TPSA) is 180 Å². The summed E-state index contributed by atoms with van der Waals surface area (Å²) in [6.07, 6.45) is 3.15. The minimum absolute atomic E-state index is 0.0532. The number of carbonyl (C=O) groups is 6. The number of hydrogen-bond acceptors (Lipinski definition) is 6. The van der Waals surface area contributed by atoms with E-state index in [1.165, 1.54) is 11.3 Å². The lowest BCUT2D eigenvalue weighted by molar-refractivity contribution is -0.143. The Labute approximate surface area is 278 Å². The molecule has 1 rings (SSSR count). The number of nitrogens with zero attached hydrogens (tertiary/aromatic N) is 1. The Balaban J connectivity index is 0. The van der Waals surface area contributed by atoms with Gasteiger partial charge in [-0.15, -0.1) is 0 Å². The highest BCUT2D eigenvalue weighted by molar-refractivity contribution is 6.37. The van der Waals surface area contributed by atoms with Crippen LogP contribution in [0.2, 0.25) is 0 Å². The van der Waals surface area contributed by atoms with Gasteiger partial charge in [-0.3, -0.25) is 24.0 Å². The van der Waals surface area contributed by atoms with E-state index < -0.39 is 64.5 Å². The van der Waals surface area contributed by atoms with Crippen LogP contribution in [0, 0.1) is 16.7 Å². The number of nitrogens with one attached hydrogen (secondary N) is 4. The van der Waals surface area contributed by atoms with Crippen molar-refractivity contribution in [3.05, 3.63) is 0 Å². The predicted octanol–water partition coefficient (Wildman–Crippen LogP) is 4.05. The molecule has 5 atom stereocenters. The van der Waals surface area contributed by atoms with Crippen molar-refractivity contribution in [2.45, 2.75) is 159 Å². The molecule has 1 aliphatic heterocycles. The number of rotatable bonds is 12. The van der Waals surface area contributed by atoms with Gasteiger partial charge in [0.1, 0.15) is 18.1 Å². The van der Waals surface area contributed by atoms with E-state index in [0.29, 0.717) is 12.8 Å². The highest BCUT2D eigenvalue weighted by atomic mass is 16.2. The number of amides is 6. The van der Waals surface area contributed by atoms with Crippen LogP contribution in [-0.4, -0.2) is 77.1 Å². The molecule has 0 radical (unpaired) electrons. The molecule has 0 aromatic heterocycles. The van der Waals surface area contributed by atoms with Crippen LogP contribution >= 0.6 is 0 Å². The maximum atomic E-state index is 13.8. The average molecular weight is 655 g/mol. The Morgan fingerprint density at radius 1 is 0.804 bits per heavy atom. The molecule has 0 saturated carbocycles. The molecule has 0 spiro atoms. The largest absolute Gasteiger partial charge is 0.363 e. The molecule has 12 nitrogen and oxygen atoms in total. The molecule has 46 heavy (non-hydrogen) atoms. The van der Waals surface area contributed by atoms with Crippen molar-refractivity contribution in [1.82, 2.24) is 26.2 Å². The SMILES string of the molecule is CC.CCC.CCC(C)CC(NC(=O)[C@@H]1CCCN1C(=O)C(NC(=O)NC(C(=O)NC(C)C)C(C)(C)C)C(C)(C)C)C(=O)C(N)=O. The maximum Gasteiger partial charge on any atom is 0.316 e. The summed E-state index contributed by atoms with van der Waals surface area (Å²) >= 11 is 0. The Bertz CT molecular complexity index is 1000. The van der Waals surface area contributed by atoms with Gasteiger partial charge in [0.05, 0.1) is 6.04 Å². The molecule has 0 aromatic rings. The van der Waals surface area contributed by atoms with E-state index in [9.17, 15) is 28.8 Å². The van der Waals surface area contributed by atoms with Crippen LogP contribution < -0.4 is 27.0 Å². The number of carbonyl (C=O) groups excluding carboxylic acids is 6. The number of likely N-dealkylation sites (tertiary alicyclic amines) is 1. The van der Waals surface area contributed by atoms with Crippen molar-refractivity contribution in [2.75, 3.05) is 6.54 Å². The first-order chi connectivity index (χ1) is 21.1. The van der Waals surface area contributed by atoms with Crippen molar-refractivity contribution < 1.29 is 28.8 Å². The monoisotopic (exact) mass is 655 g/mol. The van der Waals surface area contributed by atoms with E-state index in [-0.39, 0.29) is 30.8 Å². The third kappa shape index (κ3) is 15.4. The number of urea groups is 1. The summed E-state index contributed by atoms with van der Waals surface area (Å²) in [6, 6.07) is -4.65. The number of nitrogens with two attached hydrogens (primary N) is 1. The third-order valence-corrected chi connectivity index (χ3v) is 7.27. The first-order valence-electron chi connectivity index (χ1n) is 16.9. The summed E-state index contributed by atoms with van der Waals surface area (Å²) in [5.41, 5.74) is 3.87. The molecule has 6 N–H and O–H groups in total. The number of Topliss-reactive ketones (excluding diaryl/α,β-unsaturated/α-hetero) is 1. The Kier molecular flexibility index (Phi) is 20.4. The highest BCUT2D eigenvalue weighted by Crippen LogP contribution is 2.27. The minimum atomic E-state index is -1.13. The number of ketones is 1. The van der Waals surface area contributed by atoms with Gasteiger partial charge in [-0.1, -0.05) is 95.9 Å². The summed E-state index contributed by atoms with van der Waals surface area (Å²) in [4.78, 5) is 78.6. The van der Waals surface area contributed by atoms with Crippen LogP contribution in [0.4, 0.5) is 4.79 Å². The fourth-order valence-electron chi connectivity index (χ4n) is 4.70. The van der Waals surface area contributed by atoms with Gasteiger partial charge in [-0.25, -0.2) is 4.79 Å². The zero-order valence-electron chi connectivity index (χ0n) is 31.2. The fourth-order valence-corrected chi connectivity index (χ4v) is 4.70. The van der Waals surface area contributed by atoms with Gasteiger partial charge in [0, 0.05) is 12.6 Å². The van der Waals surface area contributed by atoms with Crippen molar-refractivity contribution in [3.63, 3.8) is 0 Å². The first kappa shape index (κ1) is 44.9. The molecule has 1 aliphatic rings. The summed E-state index contributed by atoms with van der Waals surface area (Å²) in [5, 5.41) is 10.9. The smallest absolute Gasteiger partial charge is 0.316 e. The molecule has 1 heterocycles. The highest BCUT2D eigenvalue weighted by Gasteiger charge is 2.43. The molecule has 268 valence electrons. The van der Waals surface area contributed by atoms with E-state index >= 15 is 0 Å². The van der Waals surface area contributed by atoms with E-state index in [1.807, 2.05) is 62.3 Å². The van der Waals surface area contributed by atoms with Crippen molar-refractivity contribution in [2.24, 2.45) is 22.5 Å². The van der Waals surface area contributed by atoms with E-state index in [0.717, 1.165) is 6.42 Å². The molecule has 0 aliphatic carbocycles. The van der Waals surface area contributed by atoms with Gasteiger partial charge in [0.2, 0.25) is 23.5 Å². The van der Waals surface area contributed by atoms with Crippen molar-refractivity contribution in [3.8, 4) is 0 Å². The van der Waals surface area contributed by atoms with Crippen LogP contribution in [-0.2, 0) is 24.0 Å². The summed E-state index contributed by atoms with van der Waals surface area (Å²) in [6.45, 7) is 26.9. The van der Waals surface area contributed by atoms with Gasteiger partial charge in [0.15, 0.2) is 0 Å². The molecule has 6 amide bonds. The second-order valence-electron chi connectivity index (χ2n) is 14.3. The second kappa shape index (κ2) is 20.8. The number of primary amides is 1. The lowest BCUT2D eigenvalue weighted by Gasteiger charge is -2.37. The number of hydrogen-bond donors (Lipinski definition) is 5. The van der Waals surface area contributed by atoms with Crippen LogP contribution in [0.5, 0.6) is 0 Å². The summed E-state index contributed by atoms with van der Waals surface area (Å²) < 4.78 is 0. The molecule has 1 saturated heterocycles. The lowest BCUT2D eigenvalue weighted by Crippen LogP contribution is -2.62. The molecular weight excluding hydrogens is 588 g/mol.